The first-order chi connectivity index (χ1) is 9.87. The molecule has 120 valence electrons. The maximum absolute atomic E-state index is 13.1. The van der Waals surface area contributed by atoms with Crippen LogP contribution in [0.2, 0.25) is 0 Å². The van der Waals surface area contributed by atoms with Crippen molar-refractivity contribution in [2.75, 3.05) is 32.7 Å². The largest absolute Gasteiger partial charge is 0.404 e. The van der Waals surface area contributed by atoms with Gasteiger partial charge in [-0.05, 0) is 32.2 Å². The van der Waals surface area contributed by atoms with Gasteiger partial charge in [0.25, 0.3) is 0 Å². The molecule has 2 fully saturated rings. The molecule has 0 bridgehead atoms. The third-order valence-electron chi connectivity index (χ3n) is 4.24. The molecule has 0 aromatic rings. The van der Waals surface area contributed by atoms with E-state index in [2.05, 4.69) is 10.6 Å². The summed E-state index contributed by atoms with van der Waals surface area (Å²) in [5.74, 6) is -1.42. The van der Waals surface area contributed by atoms with Crippen molar-refractivity contribution in [3.63, 3.8) is 0 Å². The monoisotopic (exact) mass is 307 g/mol. The molecule has 0 radical (unpaired) electrons. The molecule has 2 heterocycles. The number of amides is 2. The molecule has 8 heteroatoms. The van der Waals surface area contributed by atoms with Crippen LogP contribution in [0.3, 0.4) is 0 Å². The average Bonchev–Trinajstić information content (AvgIpc) is 2.96. The van der Waals surface area contributed by atoms with Crippen molar-refractivity contribution in [1.82, 2.24) is 15.5 Å². The van der Waals surface area contributed by atoms with Crippen molar-refractivity contribution in [3.05, 3.63) is 0 Å². The summed E-state index contributed by atoms with van der Waals surface area (Å²) >= 11 is 0. The van der Waals surface area contributed by atoms with Crippen molar-refractivity contribution in [2.24, 2.45) is 5.41 Å². The Labute approximate surface area is 121 Å². The number of nitrogens with one attached hydrogen (secondary N) is 2. The molecule has 1 atom stereocenters. The number of carbonyl (C=O) groups is 2. The molecule has 0 aromatic carbocycles. The van der Waals surface area contributed by atoms with Crippen LogP contribution in [-0.2, 0) is 9.59 Å². The van der Waals surface area contributed by atoms with Gasteiger partial charge in [-0.3, -0.25) is 9.59 Å². The number of piperidine rings is 1. The Morgan fingerprint density at radius 1 is 1.19 bits per heavy atom. The van der Waals surface area contributed by atoms with Crippen molar-refractivity contribution < 1.29 is 22.8 Å². The molecular formula is C13H20F3N3O2. The number of rotatable bonds is 3. The highest BCUT2D eigenvalue weighted by Gasteiger charge is 2.61. The van der Waals surface area contributed by atoms with Crippen LogP contribution in [-0.4, -0.2) is 55.6 Å². The zero-order chi connectivity index (χ0) is 15.5. The van der Waals surface area contributed by atoms with Crippen LogP contribution in [0.5, 0.6) is 0 Å². The Morgan fingerprint density at radius 2 is 1.86 bits per heavy atom. The van der Waals surface area contributed by atoms with Gasteiger partial charge in [-0.1, -0.05) is 0 Å². The van der Waals surface area contributed by atoms with E-state index in [9.17, 15) is 22.8 Å². The topological polar surface area (TPSA) is 61.4 Å². The molecule has 0 saturated carbocycles. The summed E-state index contributed by atoms with van der Waals surface area (Å²) in [6.45, 7) is 0.575. The van der Waals surface area contributed by atoms with Crippen LogP contribution in [0, 0.1) is 5.41 Å². The van der Waals surface area contributed by atoms with Crippen LogP contribution < -0.4 is 10.6 Å². The quantitative estimate of drug-likeness (QED) is 0.805. The van der Waals surface area contributed by atoms with E-state index in [4.69, 9.17) is 0 Å². The molecule has 0 aromatic heterocycles. The number of nitrogens with zero attached hydrogens (tertiary/aromatic N) is 1. The lowest BCUT2D eigenvalue weighted by Gasteiger charge is -2.30. The molecule has 0 spiro atoms. The number of likely N-dealkylation sites (tertiary alicyclic amines) is 1. The van der Waals surface area contributed by atoms with E-state index in [1.807, 2.05) is 0 Å². The summed E-state index contributed by atoms with van der Waals surface area (Å²) in [5.41, 5.74) is -2.41. The van der Waals surface area contributed by atoms with Gasteiger partial charge in [0.2, 0.25) is 11.8 Å². The summed E-state index contributed by atoms with van der Waals surface area (Å²) in [7, 11) is 0. The van der Waals surface area contributed by atoms with Crippen LogP contribution in [0.25, 0.3) is 0 Å². The minimum Gasteiger partial charge on any atom is -0.346 e. The smallest absolute Gasteiger partial charge is 0.346 e. The predicted octanol–water partition coefficient (Wildman–Crippen LogP) is 0.657. The van der Waals surface area contributed by atoms with Gasteiger partial charge in [-0.2, -0.15) is 13.2 Å². The molecule has 2 amide bonds. The van der Waals surface area contributed by atoms with E-state index < -0.39 is 24.0 Å². The van der Waals surface area contributed by atoms with E-state index in [1.165, 1.54) is 0 Å². The van der Waals surface area contributed by atoms with Crippen molar-refractivity contribution >= 4 is 11.8 Å². The van der Waals surface area contributed by atoms with Crippen molar-refractivity contribution in [3.8, 4) is 0 Å². The summed E-state index contributed by atoms with van der Waals surface area (Å²) < 4.78 is 39.4. The fourth-order valence-corrected chi connectivity index (χ4v) is 2.84. The molecule has 2 N–H and O–H groups in total. The standard InChI is InChI=1S/C13H20F3N3O2/c14-13(15,16)12(4-5-17-9-12)11(21)18-8-10(20)19-6-2-1-3-7-19/h17H,1-9H2,(H,18,21). The van der Waals surface area contributed by atoms with Gasteiger partial charge in [-0.15, -0.1) is 0 Å². The van der Waals surface area contributed by atoms with Crippen molar-refractivity contribution in [2.45, 2.75) is 31.9 Å². The van der Waals surface area contributed by atoms with Gasteiger partial charge >= 0.3 is 6.18 Å². The van der Waals surface area contributed by atoms with Gasteiger partial charge in [0.1, 0.15) is 0 Å². The Balaban J connectivity index is 1.92. The first-order valence-electron chi connectivity index (χ1n) is 7.20. The highest BCUT2D eigenvalue weighted by atomic mass is 19.4. The number of alkyl halides is 3. The van der Waals surface area contributed by atoms with Crippen molar-refractivity contribution in [1.29, 1.82) is 0 Å². The zero-order valence-electron chi connectivity index (χ0n) is 11.8. The Kier molecular flexibility index (Phi) is 4.75. The number of hydrogen-bond acceptors (Lipinski definition) is 3. The first kappa shape index (κ1) is 16.1. The van der Waals surface area contributed by atoms with Gasteiger partial charge in [-0.25, -0.2) is 0 Å². The minimum atomic E-state index is -4.62. The molecule has 5 nitrogen and oxygen atoms in total. The lowest BCUT2D eigenvalue weighted by Crippen LogP contribution is -2.54. The molecule has 2 rings (SSSR count). The van der Waals surface area contributed by atoms with Crippen LogP contribution >= 0.6 is 0 Å². The highest BCUT2D eigenvalue weighted by molar-refractivity contribution is 5.89. The second-order valence-electron chi connectivity index (χ2n) is 5.63. The third-order valence-corrected chi connectivity index (χ3v) is 4.24. The molecule has 2 saturated heterocycles. The number of halogens is 3. The fraction of sp³-hybridized carbons (Fsp3) is 0.846. The molecule has 21 heavy (non-hydrogen) atoms. The van der Waals surface area contributed by atoms with Crippen LogP contribution in [0.1, 0.15) is 25.7 Å². The maximum Gasteiger partial charge on any atom is 0.404 e. The first-order valence-corrected chi connectivity index (χ1v) is 7.20. The molecule has 1 unspecified atom stereocenters. The van der Waals surface area contributed by atoms with Gasteiger partial charge in [0.05, 0.1) is 6.54 Å². The van der Waals surface area contributed by atoms with E-state index in [0.717, 1.165) is 19.3 Å². The summed E-state index contributed by atoms with van der Waals surface area (Å²) in [4.78, 5) is 25.4. The van der Waals surface area contributed by atoms with Crippen LogP contribution in [0.4, 0.5) is 13.2 Å². The second kappa shape index (κ2) is 6.21. The van der Waals surface area contributed by atoms with E-state index in [0.29, 0.717) is 13.1 Å². The maximum atomic E-state index is 13.1. The van der Waals surface area contributed by atoms with E-state index >= 15 is 0 Å². The van der Waals surface area contributed by atoms with Crippen LogP contribution in [0.15, 0.2) is 0 Å². The average molecular weight is 307 g/mol. The Hall–Kier alpha value is -1.31. The summed E-state index contributed by atoms with van der Waals surface area (Å²) in [6.07, 6.45) is -2.06. The normalized spacial score (nSPS) is 26.7. The van der Waals surface area contributed by atoms with Gasteiger partial charge < -0.3 is 15.5 Å². The number of hydrogen-bond donors (Lipinski definition) is 2. The van der Waals surface area contributed by atoms with E-state index in [-0.39, 0.29) is 25.4 Å². The predicted molar refractivity (Wildman–Crippen MR) is 69.4 cm³/mol. The molecule has 2 aliphatic rings. The van der Waals surface area contributed by atoms with E-state index in [1.54, 1.807) is 4.90 Å². The second-order valence-corrected chi connectivity index (χ2v) is 5.63. The Bertz CT molecular complexity index is 400. The molecule has 0 aliphatic carbocycles. The molecule has 2 aliphatic heterocycles. The van der Waals surface area contributed by atoms with Gasteiger partial charge in [0.15, 0.2) is 5.41 Å². The van der Waals surface area contributed by atoms with Gasteiger partial charge in [0, 0.05) is 19.6 Å². The zero-order valence-corrected chi connectivity index (χ0v) is 11.8. The lowest BCUT2D eigenvalue weighted by atomic mass is 9.85. The third kappa shape index (κ3) is 3.30. The SMILES string of the molecule is O=C(CNC(=O)C1(C(F)(F)F)CCNC1)N1CCCCC1. The summed E-state index contributed by atoms with van der Waals surface area (Å²) in [5, 5.41) is 4.75. The Morgan fingerprint density at radius 3 is 2.38 bits per heavy atom. The lowest BCUT2D eigenvalue weighted by molar-refractivity contribution is -0.216. The fourth-order valence-electron chi connectivity index (χ4n) is 2.84. The highest BCUT2D eigenvalue weighted by Crippen LogP contribution is 2.43. The summed E-state index contributed by atoms with van der Waals surface area (Å²) in [6, 6.07) is 0. The minimum absolute atomic E-state index is 0.146. The number of carbonyl (C=O) groups excluding carboxylic acids is 2. The molecular weight excluding hydrogens is 287 g/mol.